The van der Waals surface area contributed by atoms with Gasteiger partial charge >= 0.3 is 5.69 Å². The summed E-state index contributed by atoms with van der Waals surface area (Å²) < 4.78 is 3.29. The molecule has 0 aliphatic carbocycles. The summed E-state index contributed by atoms with van der Waals surface area (Å²) in [6, 6.07) is 21.5. The third-order valence-electron chi connectivity index (χ3n) is 4.70. The Morgan fingerprint density at radius 1 is 0.828 bits per heavy atom. The number of aromatic nitrogens is 2. The lowest BCUT2D eigenvalue weighted by molar-refractivity contribution is 0.897. The number of hydrogen-bond donors (Lipinski definition) is 0. The fourth-order valence-corrected chi connectivity index (χ4v) is 3.64. The Kier molecular flexibility index (Phi) is 5.02. The molecule has 0 bridgehead atoms. The second kappa shape index (κ2) is 7.63. The number of benzene rings is 3. The zero-order chi connectivity index (χ0) is 20.5. The van der Waals surface area contributed by atoms with E-state index >= 15 is 0 Å². The largest absolute Gasteiger partial charge is 0.338 e. The van der Waals surface area contributed by atoms with Crippen molar-refractivity contribution < 1.29 is 0 Å². The molecule has 29 heavy (non-hydrogen) atoms. The predicted molar refractivity (Wildman–Crippen MR) is 118 cm³/mol. The van der Waals surface area contributed by atoms with Crippen molar-refractivity contribution in [3.8, 4) is 22.6 Å². The zero-order valence-electron chi connectivity index (χ0n) is 15.4. The van der Waals surface area contributed by atoms with Crippen molar-refractivity contribution in [2.75, 3.05) is 0 Å². The predicted octanol–water partition coefficient (Wildman–Crippen LogP) is 6.46. The Bertz CT molecular complexity index is 1290. The summed E-state index contributed by atoms with van der Waals surface area (Å²) in [5, 5.41) is 1.19. The average Bonchev–Trinajstić information content (AvgIpc) is 2.99. The van der Waals surface area contributed by atoms with Crippen molar-refractivity contribution in [3.63, 3.8) is 0 Å². The van der Waals surface area contributed by atoms with E-state index in [4.69, 9.17) is 29.8 Å². The minimum absolute atomic E-state index is 0.213. The van der Waals surface area contributed by atoms with E-state index in [1.165, 1.54) is 0 Å². The molecule has 1 aromatic heterocycles. The molecule has 3 aromatic carbocycles. The fraction of sp³-hybridized carbons (Fsp3) is 0.0435. The van der Waals surface area contributed by atoms with Gasteiger partial charge in [-0.15, -0.1) is 0 Å². The number of halogens is 2. The maximum atomic E-state index is 13.5. The molecule has 0 saturated heterocycles. The Morgan fingerprint density at radius 3 is 1.93 bits per heavy atom. The van der Waals surface area contributed by atoms with Gasteiger partial charge in [-0.25, -0.2) is 9.64 Å². The summed E-state index contributed by atoms with van der Waals surface area (Å²) in [5.74, 6) is 0. The number of rotatable bonds is 3. The van der Waals surface area contributed by atoms with Crippen LogP contribution in [0.25, 0.3) is 27.5 Å². The molecule has 0 spiro atoms. The molecule has 0 aliphatic heterocycles. The van der Waals surface area contributed by atoms with Gasteiger partial charge in [0.05, 0.1) is 23.6 Å². The molecule has 0 fully saturated rings. The molecular weight excluding hydrogens is 405 g/mol. The molecular formula is C23H15Cl2N3O. The highest BCUT2D eigenvalue weighted by molar-refractivity contribution is 6.30. The molecule has 0 unspecified atom stereocenters. The van der Waals surface area contributed by atoms with Gasteiger partial charge < -0.3 is 0 Å². The van der Waals surface area contributed by atoms with Crippen LogP contribution in [0.15, 0.2) is 77.6 Å². The van der Waals surface area contributed by atoms with Crippen molar-refractivity contribution in [3.05, 3.63) is 110 Å². The van der Waals surface area contributed by atoms with Crippen LogP contribution in [-0.2, 0) is 0 Å². The van der Waals surface area contributed by atoms with Crippen LogP contribution in [0.2, 0.25) is 10.0 Å². The van der Waals surface area contributed by atoms with Gasteiger partial charge in [0.25, 0.3) is 0 Å². The highest BCUT2D eigenvalue weighted by atomic mass is 35.5. The lowest BCUT2D eigenvalue weighted by Gasteiger charge is -2.09. The van der Waals surface area contributed by atoms with Gasteiger partial charge in [-0.2, -0.15) is 0 Å². The first-order valence-corrected chi connectivity index (χ1v) is 9.59. The van der Waals surface area contributed by atoms with Gasteiger partial charge in [0.15, 0.2) is 5.69 Å². The molecule has 0 amide bonds. The third kappa shape index (κ3) is 3.47. The van der Waals surface area contributed by atoms with E-state index in [0.29, 0.717) is 27.1 Å². The van der Waals surface area contributed by atoms with Crippen LogP contribution in [-0.4, -0.2) is 9.13 Å². The monoisotopic (exact) mass is 419 g/mol. The molecule has 0 aliphatic rings. The zero-order valence-corrected chi connectivity index (χ0v) is 16.9. The quantitative estimate of drug-likeness (QED) is 0.350. The second-order valence-electron chi connectivity index (χ2n) is 6.50. The summed E-state index contributed by atoms with van der Waals surface area (Å²) in [6.07, 6.45) is 0. The highest BCUT2D eigenvalue weighted by Gasteiger charge is 2.21. The first-order valence-electron chi connectivity index (χ1n) is 8.84. The van der Waals surface area contributed by atoms with E-state index in [9.17, 15) is 4.79 Å². The van der Waals surface area contributed by atoms with Gasteiger partial charge in [-0.1, -0.05) is 41.4 Å². The lowest BCUT2D eigenvalue weighted by atomic mass is 10.1. The van der Waals surface area contributed by atoms with Crippen molar-refractivity contribution in [2.45, 2.75) is 6.92 Å². The van der Waals surface area contributed by atoms with Crippen molar-refractivity contribution in [1.29, 1.82) is 0 Å². The average molecular weight is 420 g/mol. The SMILES string of the molecule is [C-]#[N+]c1cccc(-c2c(C)n(-c3ccc(Cl)cc3)c(=O)n2-c2ccc(Cl)cc2)c1. The first-order chi connectivity index (χ1) is 14.0. The molecule has 4 aromatic rings. The Hall–Kier alpha value is -3.26. The smallest absolute Gasteiger partial charge is 0.264 e. The molecule has 4 nitrogen and oxygen atoms in total. The summed E-state index contributed by atoms with van der Waals surface area (Å²) >= 11 is 12.1. The fourth-order valence-electron chi connectivity index (χ4n) is 3.39. The van der Waals surface area contributed by atoms with E-state index in [-0.39, 0.29) is 5.69 Å². The summed E-state index contributed by atoms with van der Waals surface area (Å²) in [5.41, 5.74) is 3.97. The van der Waals surface area contributed by atoms with Crippen molar-refractivity contribution in [1.82, 2.24) is 9.13 Å². The maximum absolute atomic E-state index is 13.5. The molecule has 0 atom stereocenters. The Balaban J connectivity index is 2.06. The molecule has 0 radical (unpaired) electrons. The van der Waals surface area contributed by atoms with Gasteiger partial charge in [0, 0.05) is 15.7 Å². The van der Waals surface area contributed by atoms with E-state index in [1.807, 2.05) is 31.2 Å². The Labute approximate surface area is 178 Å². The highest BCUT2D eigenvalue weighted by Crippen LogP contribution is 2.30. The first kappa shape index (κ1) is 19.1. The van der Waals surface area contributed by atoms with Crippen LogP contribution < -0.4 is 5.69 Å². The third-order valence-corrected chi connectivity index (χ3v) is 5.21. The number of nitrogens with zero attached hydrogens (tertiary/aromatic N) is 3. The topological polar surface area (TPSA) is 31.3 Å². The normalized spacial score (nSPS) is 10.7. The van der Waals surface area contributed by atoms with Gasteiger partial charge in [0.2, 0.25) is 0 Å². The minimum atomic E-state index is -0.213. The standard InChI is InChI=1S/C23H15Cl2N3O/c1-15-22(16-4-3-5-19(14-16)26-2)28(21-12-8-18(25)9-13-21)23(29)27(15)20-10-6-17(24)7-11-20/h3-14H,1H3. The lowest BCUT2D eigenvalue weighted by Crippen LogP contribution is -2.22. The minimum Gasteiger partial charge on any atom is -0.264 e. The molecule has 0 saturated carbocycles. The molecule has 4 rings (SSSR count). The van der Waals surface area contributed by atoms with Crippen LogP contribution in [0, 0.1) is 13.5 Å². The van der Waals surface area contributed by atoms with Crippen LogP contribution >= 0.6 is 23.2 Å². The number of hydrogen-bond acceptors (Lipinski definition) is 1. The second-order valence-corrected chi connectivity index (χ2v) is 7.38. The van der Waals surface area contributed by atoms with Gasteiger partial charge in [-0.05, 0) is 67.1 Å². The summed E-state index contributed by atoms with van der Waals surface area (Å²) in [4.78, 5) is 17.0. The van der Waals surface area contributed by atoms with Crippen LogP contribution in [0.5, 0.6) is 0 Å². The summed E-state index contributed by atoms with van der Waals surface area (Å²) in [6.45, 7) is 9.22. The number of imidazole rings is 1. The summed E-state index contributed by atoms with van der Waals surface area (Å²) in [7, 11) is 0. The molecule has 6 heteroatoms. The molecule has 0 N–H and O–H groups in total. The van der Waals surface area contributed by atoms with Crippen molar-refractivity contribution in [2.24, 2.45) is 0 Å². The van der Waals surface area contributed by atoms with Crippen LogP contribution in [0.4, 0.5) is 5.69 Å². The van der Waals surface area contributed by atoms with Crippen LogP contribution in [0.1, 0.15) is 5.69 Å². The van der Waals surface area contributed by atoms with Crippen LogP contribution in [0.3, 0.4) is 0 Å². The van der Waals surface area contributed by atoms with E-state index < -0.39 is 0 Å². The van der Waals surface area contributed by atoms with E-state index in [1.54, 1.807) is 57.7 Å². The molecule has 142 valence electrons. The molecule has 1 heterocycles. The van der Waals surface area contributed by atoms with E-state index in [2.05, 4.69) is 4.85 Å². The van der Waals surface area contributed by atoms with Crippen molar-refractivity contribution >= 4 is 28.9 Å². The maximum Gasteiger partial charge on any atom is 0.338 e. The van der Waals surface area contributed by atoms with Gasteiger partial charge in [0.1, 0.15) is 0 Å². The Morgan fingerprint density at radius 2 is 1.38 bits per heavy atom. The van der Waals surface area contributed by atoms with E-state index in [0.717, 1.165) is 17.0 Å². The van der Waals surface area contributed by atoms with Gasteiger partial charge in [-0.3, -0.25) is 9.13 Å².